The van der Waals surface area contributed by atoms with Gasteiger partial charge >= 0.3 is 24.7 Å². The molecule has 4 aromatic heterocycles. The molecule has 145 heavy (non-hydrogen) atoms. The van der Waals surface area contributed by atoms with Crippen molar-refractivity contribution >= 4 is 0 Å². The molecule has 8 fully saturated rings. The minimum Gasteiger partial charge on any atom is -0.384 e. The van der Waals surface area contributed by atoms with Crippen LogP contribution in [0.2, 0.25) is 0 Å². The molecule has 8 saturated carbocycles. The van der Waals surface area contributed by atoms with Crippen LogP contribution in [0.1, 0.15) is 276 Å². The number of halogens is 17. The van der Waals surface area contributed by atoms with Crippen LogP contribution in [-0.2, 0) is 26.2 Å². The molecule has 4 aromatic carbocycles. The zero-order chi connectivity index (χ0) is 106. The lowest BCUT2D eigenvalue weighted by atomic mass is 9.60. The Morgan fingerprint density at radius 2 is 0.690 bits per heavy atom. The summed E-state index contributed by atoms with van der Waals surface area (Å²) in [6.45, 7) is 24.4. The van der Waals surface area contributed by atoms with Crippen molar-refractivity contribution in [2.75, 3.05) is 0 Å². The number of allylic oxidation sites excluding steroid dienone is 8. The Morgan fingerprint density at radius 1 is 0.366 bits per heavy atom. The molecule has 0 amide bonds. The van der Waals surface area contributed by atoms with E-state index >= 15 is 0 Å². The second kappa shape index (κ2) is 45.4. The third kappa shape index (κ3) is 25.5. The van der Waals surface area contributed by atoms with Gasteiger partial charge in [0, 0.05) is 35.1 Å². The van der Waals surface area contributed by atoms with E-state index in [0.29, 0.717) is 86.2 Å². The molecule has 35 heteroatoms. The van der Waals surface area contributed by atoms with Crippen molar-refractivity contribution in [3.8, 4) is 45.3 Å². The molecule has 16 rings (SSSR count). The van der Waals surface area contributed by atoms with Crippen LogP contribution in [0.3, 0.4) is 0 Å². The Bertz CT molecular complexity index is 5600. The van der Waals surface area contributed by atoms with Gasteiger partial charge in [0.1, 0.15) is 28.4 Å². The summed E-state index contributed by atoms with van der Waals surface area (Å²) in [5.41, 5.74) is -2.28. The molecule has 0 unspecified atom stereocenters. The number of tetrazole rings is 2. The van der Waals surface area contributed by atoms with Gasteiger partial charge in [-0.15, -0.1) is 25.5 Å². The molecule has 18 nitrogen and oxygen atoms in total. The Kier molecular flexibility index (Phi) is 35.4. The third-order valence-electron chi connectivity index (χ3n) is 35.2. The summed E-state index contributed by atoms with van der Waals surface area (Å²) in [7, 11) is 0. The lowest BCUT2D eigenvalue weighted by molar-refractivity contribution is -0.370. The SMILES string of the molecule is C[C@H](CCC(F)(F)C(C)(C)O)[C@H]1CC[C@H]2/C(=C/Cn3cc(-c4ccc(F)cc4)nn3)CCC[C@]12C.C[C@H](CCC(F)(F)C(C)(C)O)[C@H]1CC[C@H]2/C(=C/Cn3cc(-c4ccccc4)nn3)CCC[C@]12C.C[C@H](CCCC(O)(C(F)(F)F)C(F)(F)F)[C@H]1CC[C@H]2/C(=C/Cn3nnc(-c4ccccc4)n3)CCC[C@]12C.C[C@H](CCCC(O)(C(F)(F)F)C(F)(F)F)[C@H]1CC[C@H]2/C(=C/Cn3nnnc3-c3ccccc3)CCC[C@]12C. The van der Waals surface area contributed by atoms with Gasteiger partial charge in [-0.1, -0.05) is 216 Å². The van der Waals surface area contributed by atoms with Crippen LogP contribution >= 0.6 is 0 Å². The molecule has 4 heterocycles. The molecule has 8 aliphatic rings. The highest BCUT2D eigenvalue weighted by molar-refractivity contribution is 5.58. The highest BCUT2D eigenvalue weighted by Crippen LogP contribution is 2.65. The summed E-state index contributed by atoms with van der Waals surface area (Å²) in [4.78, 5) is 1.55. The largest absolute Gasteiger partial charge is 0.426 e. The number of nitrogens with zero attached hydrogens (tertiary/aromatic N) is 14. The zero-order valence-corrected chi connectivity index (χ0v) is 85.4. The number of hydrogen-bond donors (Lipinski definition) is 4. The molecule has 798 valence electrons. The van der Waals surface area contributed by atoms with E-state index in [1.54, 1.807) is 21.6 Å². The van der Waals surface area contributed by atoms with Gasteiger partial charge in [-0.3, -0.25) is 0 Å². The molecule has 8 aromatic rings. The van der Waals surface area contributed by atoms with Crippen molar-refractivity contribution in [1.82, 2.24) is 70.4 Å². The van der Waals surface area contributed by atoms with E-state index < -0.39 is 71.8 Å². The van der Waals surface area contributed by atoms with E-state index in [2.05, 4.69) is 117 Å². The molecule has 8 aliphatic carbocycles. The number of fused-ring (bicyclic) bond motifs is 4. The molecule has 0 aliphatic heterocycles. The van der Waals surface area contributed by atoms with E-state index in [1.807, 2.05) is 127 Å². The first kappa shape index (κ1) is 113. The van der Waals surface area contributed by atoms with Crippen LogP contribution in [0.5, 0.6) is 0 Å². The standard InChI is InChI=1S/C28H38F3N3O.C28H39F2N3O.2C27H34F6N4O/c1-19(13-16-28(30,31)26(2,3)35)23-11-12-24-20(6-5-15-27(23,24)4)14-17-34-18-25(32-33-34)21-7-9-22(29)10-8-21;1-20(14-17-28(29,30)26(2,3)34)23-12-13-24-21(11-8-16-27(23,24)4)15-18-33-19-25(31-32-33)22-9-6-5-7-10-22;1-18(8-6-16-25(38,26(28,29)30)27(31,32)33)21-12-13-22-19(11-7-15-24(21,22)2)14-17-37-23(34-35-36-37)20-9-4-3-5-10-20;1-18(8-6-16-25(38,26(28,29)30)27(31,32)33)21-12-13-22-19(11-7-15-24(21,22)2)14-17-37-35-23(34-36-37)20-9-4-3-5-10-20/h7-10,14,18-19,23-24,35H,5-6,11-13,15-17H2,1-4H3;5-7,9-10,15,19-20,23-24,34H,8,11-14,16-18H2,1-4H3;2*3-5,9-10,14,18,21-22,38H,6-8,11-13,15-17H2,1-2H3/b20-14+;21-15+;2*19-14+/t19-,23-,24+,27-;20-,23-,24+,27-;2*18-,21-,22+,24-/m1111/s1. The Morgan fingerprint density at radius 3 is 1.04 bits per heavy atom. The van der Waals surface area contributed by atoms with Gasteiger partial charge < -0.3 is 20.4 Å². The molecular formula is C110H145F17N14O4. The third-order valence-corrected chi connectivity index (χ3v) is 35.2. The van der Waals surface area contributed by atoms with Crippen LogP contribution < -0.4 is 0 Å². The zero-order valence-electron chi connectivity index (χ0n) is 85.4. The molecule has 0 radical (unpaired) electrons. The number of hydrogen-bond acceptors (Lipinski definition) is 14. The van der Waals surface area contributed by atoms with E-state index in [4.69, 9.17) is 0 Å². The average Bonchev–Trinajstić information content (AvgIpc) is 1.65. The van der Waals surface area contributed by atoms with Crippen molar-refractivity contribution in [2.24, 2.45) is 92.7 Å². The topological polar surface area (TPSA) is 230 Å². The summed E-state index contributed by atoms with van der Waals surface area (Å²) < 4.78 is 233. The number of benzene rings is 4. The molecule has 0 bridgehead atoms. The summed E-state index contributed by atoms with van der Waals surface area (Å²) in [6.07, 6.45) is 7.60. The van der Waals surface area contributed by atoms with Gasteiger partial charge in [0.05, 0.1) is 38.6 Å². The van der Waals surface area contributed by atoms with Gasteiger partial charge in [0.15, 0.2) is 5.82 Å². The van der Waals surface area contributed by atoms with Gasteiger partial charge in [-0.05, 0) is 327 Å². The normalized spacial score (nSPS) is 27.0. The Balaban J connectivity index is 0.000000162. The highest BCUT2D eigenvalue weighted by Gasteiger charge is 2.71. The van der Waals surface area contributed by atoms with Crippen LogP contribution in [0.25, 0.3) is 45.3 Å². The highest BCUT2D eigenvalue weighted by atomic mass is 19.4. The van der Waals surface area contributed by atoms with Crippen molar-refractivity contribution in [1.29, 1.82) is 0 Å². The first-order valence-electron chi connectivity index (χ1n) is 51.9. The average molecular weight is 2050 g/mol. The lowest BCUT2D eigenvalue weighted by Crippen LogP contribution is -2.56. The first-order valence-corrected chi connectivity index (χ1v) is 51.9. The van der Waals surface area contributed by atoms with E-state index in [0.717, 1.165) is 162 Å². The van der Waals surface area contributed by atoms with Crippen molar-refractivity contribution in [3.05, 3.63) is 180 Å². The fourth-order valence-electron chi connectivity index (χ4n) is 26.8. The predicted molar refractivity (Wildman–Crippen MR) is 522 cm³/mol. The van der Waals surface area contributed by atoms with E-state index in [-0.39, 0.29) is 102 Å². The second-order valence-electron chi connectivity index (χ2n) is 45.1. The number of alkyl halides is 16. The molecule has 0 spiro atoms. The number of rotatable bonds is 32. The van der Waals surface area contributed by atoms with Crippen LogP contribution in [0.4, 0.5) is 74.6 Å². The molecular weight excluding hydrogens is 1900 g/mol. The Hall–Kier alpha value is -9.09. The van der Waals surface area contributed by atoms with Gasteiger partial charge in [-0.2, -0.15) is 57.5 Å². The predicted octanol–water partition coefficient (Wildman–Crippen LogP) is 28.2. The molecule has 0 saturated heterocycles. The van der Waals surface area contributed by atoms with Gasteiger partial charge in [0.2, 0.25) is 5.82 Å². The minimum atomic E-state index is -5.76. The minimum absolute atomic E-state index is 0.0551. The van der Waals surface area contributed by atoms with Gasteiger partial charge in [0.25, 0.3) is 23.0 Å². The lowest BCUT2D eigenvalue weighted by Gasteiger charge is -2.44. The second-order valence-corrected chi connectivity index (χ2v) is 45.1. The maximum Gasteiger partial charge on any atom is 0.426 e. The van der Waals surface area contributed by atoms with Crippen molar-refractivity contribution in [3.63, 3.8) is 0 Å². The first-order chi connectivity index (χ1) is 68.0. The Labute approximate surface area is 840 Å². The maximum absolute atomic E-state index is 14.4. The maximum atomic E-state index is 14.4. The van der Waals surface area contributed by atoms with Crippen LogP contribution in [0.15, 0.2) is 174 Å². The number of aliphatic hydroxyl groups is 4. The summed E-state index contributed by atoms with van der Waals surface area (Å²) >= 11 is 0. The number of aromatic nitrogens is 14. The monoisotopic (exact) mass is 2050 g/mol. The van der Waals surface area contributed by atoms with Crippen molar-refractivity contribution in [2.45, 2.75) is 361 Å². The molecule has 4 N–H and O–H groups in total. The summed E-state index contributed by atoms with van der Waals surface area (Å²) in [6, 6.07) is 35.5. The van der Waals surface area contributed by atoms with E-state index in [9.17, 15) is 95.1 Å². The van der Waals surface area contributed by atoms with Crippen LogP contribution in [-0.4, -0.2) is 150 Å². The van der Waals surface area contributed by atoms with Crippen LogP contribution in [0, 0.1) is 98.5 Å². The summed E-state index contributed by atoms with van der Waals surface area (Å²) in [5.74, 6) is -2.07. The summed E-state index contributed by atoms with van der Waals surface area (Å²) in [5, 5.41) is 80.7. The fraction of sp³-hybridized carbons (Fsp3) is 0.655. The van der Waals surface area contributed by atoms with E-state index in [1.165, 1.54) is 62.1 Å². The molecule has 16 atom stereocenters. The quantitative estimate of drug-likeness (QED) is 0.0227. The fourth-order valence-corrected chi connectivity index (χ4v) is 26.8. The van der Waals surface area contributed by atoms with Gasteiger partial charge in [-0.25, -0.2) is 36.0 Å². The van der Waals surface area contributed by atoms with Crippen molar-refractivity contribution < 1.29 is 95.1 Å². The smallest absolute Gasteiger partial charge is 0.384 e.